The molecule has 1 aliphatic rings. The maximum atomic E-state index is 12.6. The Hall–Kier alpha value is -3.11. The third-order valence-corrected chi connectivity index (χ3v) is 5.52. The van der Waals surface area contributed by atoms with Gasteiger partial charge in [-0.3, -0.25) is 0 Å². The monoisotopic (exact) mass is 402 g/mol. The first-order chi connectivity index (χ1) is 13.5. The van der Waals surface area contributed by atoms with Crippen LogP contribution >= 0.6 is 0 Å². The molecule has 10 heteroatoms. The van der Waals surface area contributed by atoms with E-state index in [-0.39, 0.29) is 11.4 Å². The van der Waals surface area contributed by atoms with E-state index in [0.717, 1.165) is 5.69 Å². The van der Waals surface area contributed by atoms with Gasteiger partial charge in [-0.2, -0.15) is 0 Å². The molecular formula is C18H18N4O5S. The number of aromatic nitrogens is 3. The van der Waals surface area contributed by atoms with Gasteiger partial charge in [0.2, 0.25) is 10.0 Å². The van der Waals surface area contributed by atoms with Crippen molar-refractivity contribution in [1.82, 2.24) is 19.7 Å². The number of benzene rings is 2. The predicted octanol–water partition coefficient (Wildman–Crippen LogP) is 1.53. The van der Waals surface area contributed by atoms with Gasteiger partial charge in [0, 0.05) is 12.1 Å². The van der Waals surface area contributed by atoms with Crippen molar-refractivity contribution in [1.29, 1.82) is 0 Å². The van der Waals surface area contributed by atoms with Crippen LogP contribution in [0.1, 0.15) is 5.69 Å². The largest absolute Gasteiger partial charge is 0.497 e. The number of methoxy groups -OCH3 is 1. The average molecular weight is 402 g/mol. The second-order valence-electron chi connectivity index (χ2n) is 5.99. The highest BCUT2D eigenvalue weighted by molar-refractivity contribution is 7.89. The molecule has 9 nitrogen and oxygen atoms in total. The lowest BCUT2D eigenvalue weighted by Gasteiger charge is -2.18. The Balaban J connectivity index is 1.47. The van der Waals surface area contributed by atoms with Gasteiger partial charge in [-0.1, -0.05) is 11.3 Å². The fourth-order valence-corrected chi connectivity index (χ4v) is 3.72. The van der Waals surface area contributed by atoms with Crippen molar-refractivity contribution in [3.63, 3.8) is 0 Å². The van der Waals surface area contributed by atoms with Crippen molar-refractivity contribution in [2.24, 2.45) is 0 Å². The summed E-state index contributed by atoms with van der Waals surface area (Å²) in [5.74, 6) is 1.64. The summed E-state index contributed by atoms with van der Waals surface area (Å²) in [6.07, 6.45) is 1.65. The number of nitrogens with zero attached hydrogens (tertiary/aromatic N) is 3. The SMILES string of the molecule is COc1cccc(-n2cc(CNS(=O)(=O)c3ccc4c(c3)OCCO4)nn2)c1. The van der Waals surface area contributed by atoms with Gasteiger partial charge >= 0.3 is 0 Å². The second kappa shape index (κ2) is 7.49. The van der Waals surface area contributed by atoms with Crippen LogP contribution in [-0.4, -0.2) is 43.7 Å². The van der Waals surface area contributed by atoms with Gasteiger partial charge < -0.3 is 14.2 Å². The molecule has 28 heavy (non-hydrogen) atoms. The first-order valence-corrected chi connectivity index (χ1v) is 9.98. The number of sulfonamides is 1. The fourth-order valence-electron chi connectivity index (χ4n) is 2.70. The fraction of sp³-hybridized carbons (Fsp3) is 0.222. The lowest BCUT2D eigenvalue weighted by Crippen LogP contribution is -2.24. The standard InChI is InChI=1S/C18H18N4O5S/c1-25-15-4-2-3-14(9-15)22-12-13(20-21-22)11-19-28(23,24)16-5-6-17-18(10-16)27-8-7-26-17/h2-6,9-10,12,19H,7-8,11H2,1H3. The molecule has 2 aromatic carbocycles. The third kappa shape index (κ3) is 3.78. The molecule has 0 saturated carbocycles. The zero-order valence-corrected chi connectivity index (χ0v) is 15.8. The predicted molar refractivity (Wildman–Crippen MR) is 99.4 cm³/mol. The Morgan fingerprint density at radius 1 is 1.14 bits per heavy atom. The van der Waals surface area contributed by atoms with Crippen LogP contribution in [0.3, 0.4) is 0 Å². The minimum atomic E-state index is -3.74. The van der Waals surface area contributed by atoms with Gasteiger partial charge in [-0.25, -0.2) is 17.8 Å². The van der Waals surface area contributed by atoms with Crippen LogP contribution in [0, 0.1) is 0 Å². The highest BCUT2D eigenvalue weighted by atomic mass is 32.2. The number of rotatable bonds is 6. The summed E-state index contributed by atoms with van der Waals surface area (Å²) in [6, 6.07) is 11.8. The molecule has 0 atom stereocenters. The Morgan fingerprint density at radius 3 is 2.79 bits per heavy atom. The lowest BCUT2D eigenvalue weighted by atomic mass is 10.3. The first kappa shape index (κ1) is 18.3. The van der Waals surface area contributed by atoms with Gasteiger partial charge in [-0.05, 0) is 24.3 Å². The van der Waals surface area contributed by atoms with E-state index in [0.29, 0.717) is 36.2 Å². The smallest absolute Gasteiger partial charge is 0.241 e. The molecule has 0 fully saturated rings. The van der Waals surface area contributed by atoms with E-state index in [1.807, 2.05) is 18.2 Å². The zero-order chi connectivity index (χ0) is 19.6. The van der Waals surface area contributed by atoms with Crippen LogP contribution in [-0.2, 0) is 16.6 Å². The van der Waals surface area contributed by atoms with E-state index in [2.05, 4.69) is 15.0 Å². The zero-order valence-electron chi connectivity index (χ0n) is 15.0. The highest BCUT2D eigenvalue weighted by Gasteiger charge is 2.19. The van der Waals surface area contributed by atoms with E-state index >= 15 is 0 Å². The highest BCUT2D eigenvalue weighted by Crippen LogP contribution is 2.32. The molecule has 2 heterocycles. The van der Waals surface area contributed by atoms with Crippen molar-refractivity contribution in [2.45, 2.75) is 11.4 Å². The quantitative estimate of drug-likeness (QED) is 0.667. The summed E-state index contributed by atoms with van der Waals surface area (Å²) >= 11 is 0. The summed E-state index contributed by atoms with van der Waals surface area (Å²) in [5.41, 5.74) is 1.23. The number of ether oxygens (including phenoxy) is 3. The number of fused-ring (bicyclic) bond motifs is 1. The van der Waals surface area contributed by atoms with E-state index in [1.54, 1.807) is 30.1 Å². The number of hydrogen-bond acceptors (Lipinski definition) is 7. The van der Waals surface area contributed by atoms with Gasteiger partial charge in [0.25, 0.3) is 0 Å². The van der Waals surface area contributed by atoms with Gasteiger partial charge in [0.15, 0.2) is 11.5 Å². The second-order valence-corrected chi connectivity index (χ2v) is 7.75. The van der Waals surface area contributed by atoms with Crippen molar-refractivity contribution in [3.05, 3.63) is 54.4 Å². The molecule has 0 amide bonds. The van der Waals surface area contributed by atoms with Crippen molar-refractivity contribution in [3.8, 4) is 22.9 Å². The topological polar surface area (TPSA) is 105 Å². The normalized spacial score (nSPS) is 13.3. The molecule has 0 spiro atoms. The summed E-state index contributed by atoms with van der Waals surface area (Å²) in [6.45, 7) is 0.832. The summed E-state index contributed by atoms with van der Waals surface area (Å²) in [7, 11) is -2.16. The van der Waals surface area contributed by atoms with E-state index in [1.165, 1.54) is 12.1 Å². The molecule has 0 aliphatic carbocycles. The third-order valence-electron chi connectivity index (χ3n) is 4.13. The summed E-state index contributed by atoms with van der Waals surface area (Å²) in [4.78, 5) is 0.0944. The van der Waals surface area contributed by atoms with Crippen LogP contribution in [0.5, 0.6) is 17.2 Å². The number of nitrogens with one attached hydrogen (secondary N) is 1. The summed E-state index contributed by atoms with van der Waals surface area (Å²) in [5, 5.41) is 8.05. The molecule has 3 aromatic rings. The van der Waals surface area contributed by atoms with Crippen LogP contribution in [0.4, 0.5) is 0 Å². The molecule has 0 unspecified atom stereocenters. The minimum Gasteiger partial charge on any atom is -0.497 e. The van der Waals surface area contributed by atoms with Crippen molar-refractivity contribution in [2.75, 3.05) is 20.3 Å². The lowest BCUT2D eigenvalue weighted by molar-refractivity contribution is 0.171. The van der Waals surface area contributed by atoms with Crippen molar-refractivity contribution >= 4 is 10.0 Å². The van der Waals surface area contributed by atoms with Crippen LogP contribution in [0.2, 0.25) is 0 Å². The maximum absolute atomic E-state index is 12.6. The maximum Gasteiger partial charge on any atom is 0.241 e. The Kier molecular flexibility index (Phi) is 4.88. The average Bonchev–Trinajstić information content (AvgIpc) is 3.21. The molecular weight excluding hydrogens is 384 g/mol. The van der Waals surface area contributed by atoms with Gasteiger partial charge in [0.05, 0.1) is 36.1 Å². The van der Waals surface area contributed by atoms with E-state index in [9.17, 15) is 8.42 Å². The Bertz CT molecular complexity index is 1100. The van der Waals surface area contributed by atoms with Gasteiger partial charge in [-0.15, -0.1) is 5.10 Å². The molecule has 1 aliphatic heterocycles. The molecule has 146 valence electrons. The van der Waals surface area contributed by atoms with Gasteiger partial charge in [0.1, 0.15) is 19.0 Å². The molecule has 1 aromatic heterocycles. The summed E-state index contributed by atoms with van der Waals surface area (Å²) < 4.78 is 45.3. The Labute approximate surface area is 161 Å². The minimum absolute atomic E-state index is 0.000738. The first-order valence-electron chi connectivity index (χ1n) is 8.50. The van der Waals surface area contributed by atoms with Crippen LogP contribution in [0.25, 0.3) is 5.69 Å². The molecule has 4 rings (SSSR count). The Morgan fingerprint density at radius 2 is 1.96 bits per heavy atom. The van der Waals surface area contributed by atoms with Crippen molar-refractivity contribution < 1.29 is 22.6 Å². The van der Waals surface area contributed by atoms with E-state index < -0.39 is 10.0 Å². The molecule has 0 bridgehead atoms. The van der Waals surface area contributed by atoms with Crippen LogP contribution < -0.4 is 18.9 Å². The molecule has 0 saturated heterocycles. The van der Waals surface area contributed by atoms with E-state index in [4.69, 9.17) is 14.2 Å². The number of hydrogen-bond donors (Lipinski definition) is 1. The van der Waals surface area contributed by atoms with Crippen LogP contribution in [0.15, 0.2) is 53.6 Å². The molecule has 0 radical (unpaired) electrons. The molecule has 1 N–H and O–H groups in total.